The molecule has 1 unspecified atom stereocenters. The van der Waals surface area contributed by atoms with Gasteiger partial charge in [-0.15, -0.1) is 11.6 Å². The van der Waals surface area contributed by atoms with Crippen molar-refractivity contribution in [3.8, 4) is 6.07 Å². The van der Waals surface area contributed by atoms with E-state index in [-0.39, 0.29) is 18.0 Å². The second-order valence-electron chi connectivity index (χ2n) is 6.80. The van der Waals surface area contributed by atoms with Gasteiger partial charge in [0, 0.05) is 41.4 Å². The number of nitrogens with zero attached hydrogens (tertiary/aromatic N) is 2. The van der Waals surface area contributed by atoms with E-state index in [0.29, 0.717) is 17.6 Å². The predicted molar refractivity (Wildman–Crippen MR) is 97.8 cm³/mol. The quantitative estimate of drug-likeness (QED) is 0.617. The van der Waals surface area contributed by atoms with Crippen LogP contribution in [0.5, 0.6) is 0 Å². The zero-order valence-corrected chi connectivity index (χ0v) is 14.6. The number of benzene rings is 2. The second-order valence-corrected chi connectivity index (χ2v) is 7.07. The monoisotopic (exact) mass is 354 g/mol. The third-order valence-electron chi connectivity index (χ3n) is 5.40. The normalized spacial score (nSPS) is 25.0. The maximum absolute atomic E-state index is 11.5. The number of fused-ring (bicyclic) bond motifs is 3. The Bertz CT molecular complexity index is 846. The number of anilines is 1. The van der Waals surface area contributed by atoms with Crippen molar-refractivity contribution in [3.63, 3.8) is 0 Å². The molecule has 2 fully saturated rings. The van der Waals surface area contributed by atoms with E-state index in [9.17, 15) is 10.1 Å². The van der Waals surface area contributed by atoms with Crippen LogP contribution >= 0.6 is 11.6 Å². The van der Waals surface area contributed by atoms with Gasteiger partial charge in [-0.1, -0.05) is 24.3 Å². The van der Waals surface area contributed by atoms with Crippen LogP contribution in [0.2, 0.25) is 0 Å². The van der Waals surface area contributed by atoms with Crippen molar-refractivity contribution in [1.29, 1.82) is 5.26 Å². The molecule has 2 aliphatic heterocycles. The van der Waals surface area contributed by atoms with Crippen LogP contribution in [0.1, 0.15) is 31.2 Å². The summed E-state index contributed by atoms with van der Waals surface area (Å²) in [7, 11) is 0. The number of rotatable bonds is 3. The average Bonchev–Trinajstić information content (AvgIpc) is 2.90. The summed E-state index contributed by atoms with van der Waals surface area (Å²) in [6, 6.07) is 15.1. The number of hydrogen-bond donors (Lipinski definition) is 0. The topological polar surface area (TPSA) is 53.3 Å². The summed E-state index contributed by atoms with van der Waals surface area (Å²) in [5.74, 6) is -0.418. The fraction of sp³-hybridized carbons (Fsp3) is 0.400. The SMILES string of the molecule is N#Cc1ccc(N2[C@@H]3CC[C@H]2CC(OC(=O)CCl)C3)c2ccccc12. The van der Waals surface area contributed by atoms with Gasteiger partial charge in [-0.2, -0.15) is 5.26 Å². The standard InChI is InChI=1S/C20H19ClN2O2/c21-11-20(24)25-16-9-14-6-7-15(10-16)23(14)19-8-5-13(12-22)17-3-1-2-4-18(17)19/h1-5,8,14-16H,6-7,9-11H2/t14-,15+,16?. The summed E-state index contributed by atoms with van der Waals surface area (Å²) in [6.45, 7) is 0. The van der Waals surface area contributed by atoms with Gasteiger partial charge < -0.3 is 9.64 Å². The Hall–Kier alpha value is -2.25. The van der Waals surface area contributed by atoms with E-state index in [0.717, 1.165) is 36.5 Å². The third-order valence-corrected chi connectivity index (χ3v) is 5.61. The minimum atomic E-state index is -0.330. The first-order valence-corrected chi connectivity index (χ1v) is 9.20. The molecule has 4 nitrogen and oxygen atoms in total. The summed E-state index contributed by atoms with van der Waals surface area (Å²) in [4.78, 5) is 14.0. The Morgan fingerprint density at radius 1 is 1.16 bits per heavy atom. The maximum atomic E-state index is 11.5. The molecule has 0 radical (unpaired) electrons. The number of ether oxygens (including phenoxy) is 1. The highest BCUT2D eigenvalue weighted by Gasteiger charge is 2.42. The number of halogens is 1. The molecule has 4 rings (SSSR count). The molecule has 2 bridgehead atoms. The van der Waals surface area contributed by atoms with Crippen LogP contribution in [0.4, 0.5) is 5.69 Å². The fourth-order valence-electron chi connectivity index (χ4n) is 4.44. The molecule has 2 aromatic carbocycles. The molecule has 0 N–H and O–H groups in total. The number of alkyl halides is 1. The number of piperidine rings is 1. The van der Waals surface area contributed by atoms with Crippen LogP contribution in [-0.4, -0.2) is 30.0 Å². The number of hydrogen-bond acceptors (Lipinski definition) is 4. The second kappa shape index (κ2) is 6.57. The molecule has 0 aromatic heterocycles. The minimum Gasteiger partial charge on any atom is -0.461 e. The molecule has 0 saturated carbocycles. The zero-order chi connectivity index (χ0) is 17.4. The molecule has 2 heterocycles. The Kier molecular flexibility index (Phi) is 4.27. The van der Waals surface area contributed by atoms with E-state index in [4.69, 9.17) is 16.3 Å². The number of nitriles is 1. The van der Waals surface area contributed by atoms with Crippen molar-refractivity contribution in [3.05, 3.63) is 42.0 Å². The van der Waals surface area contributed by atoms with Gasteiger partial charge in [-0.3, -0.25) is 4.79 Å². The van der Waals surface area contributed by atoms with Crippen molar-refractivity contribution >= 4 is 34.0 Å². The Morgan fingerprint density at radius 2 is 1.84 bits per heavy atom. The maximum Gasteiger partial charge on any atom is 0.321 e. The molecule has 25 heavy (non-hydrogen) atoms. The highest BCUT2D eigenvalue weighted by molar-refractivity contribution is 6.26. The molecular formula is C20H19ClN2O2. The van der Waals surface area contributed by atoms with E-state index in [1.807, 2.05) is 24.3 Å². The summed E-state index contributed by atoms with van der Waals surface area (Å²) in [5.41, 5.74) is 1.89. The van der Waals surface area contributed by atoms with Gasteiger partial charge in [0.25, 0.3) is 0 Å². The molecule has 2 saturated heterocycles. The molecule has 0 spiro atoms. The smallest absolute Gasteiger partial charge is 0.321 e. The van der Waals surface area contributed by atoms with Gasteiger partial charge in [0.2, 0.25) is 0 Å². The van der Waals surface area contributed by atoms with Gasteiger partial charge in [0.1, 0.15) is 12.0 Å². The van der Waals surface area contributed by atoms with Crippen LogP contribution in [0.3, 0.4) is 0 Å². The first kappa shape index (κ1) is 16.2. The highest BCUT2D eigenvalue weighted by Crippen LogP contribution is 2.43. The van der Waals surface area contributed by atoms with Crippen molar-refractivity contribution < 1.29 is 9.53 Å². The highest BCUT2D eigenvalue weighted by atomic mass is 35.5. The van der Waals surface area contributed by atoms with Crippen LogP contribution in [0.15, 0.2) is 36.4 Å². The fourth-order valence-corrected chi connectivity index (χ4v) is 4.50. The Labute approximate surface area is 151 Å². The van der Waals surface area contributed by atoms with Crippen LogP contribution in [0, 0.1) is 11.3 Å². The van der Waals surface area contributed by atoms with Crippen molar-refractivity contribution in [1.82, 2.24) is 0 Å². The van der Waals surface area contributed by atoms with Gasteiger partial charge >= 0.3 is 5.97 Å². The lowest BCUT2D eigenvalue weighted by molar-refractivity contribution is -0.147. The zero-order valence-electron chi connectivity index (χ0n) is 13.8. The van der Waals surface area contributed by atoms with Crippen molar-refractivity contribution in [2.75, 3.05) is 10.8 Å². The predicted octanol–water partition coefficient (Wildman–Crippen LogP) is 3.99. The molecule has 2 aliphatic rings. The molecule has 128 valence electrons. The van der Waals surface area contributed by atoms with E-state index < -0.39 is 0 Å². The van der Waals surface area contributed by atoms with Gasteiger partial charge in [0.15, 0.2) is 0 Å². The molecule has 3 atom stereocenters. The first-order valence-electron chi connectivity index (χ1n) is 8.67. The van der Waals surface area contributed by atoms with E-state index in [1.165, 1.54) is 5.69 Å². The first-order chi connectivity index (χ1) is 12.2. The average molecular weight is 355 g/mol. The lowest BCUT2D eigenvalue weighted by Crippen LogP contribution is -2.46. The number of carbonyl (C=O) groups is 1. The summed E-state index contributed by atoms with van der Waals surface area (Å²) < 4.78 is 5.49. The Balaban J connectivity index is 1.67. The number of carbonyl (C=O) groups excluding carboxylic acids is 1. The number of esters is 1. The van der Waals surface area contributed by atoms with Crippen LogP contribution < -0.4 is 4.90 Å². The lowest BCUT2D eigenvalue weighted by atomic mass is 9.96. The van der Waals surface area contributed by atoms with Gasteiger partial charge in [-0.25, -0.2) is 0 Å². The molecule has 0 amide bonds. The van der Waals surface area contributed by atoms with Crippen molar-refractivity contribution in [2.45, 2.75) is 43.9 Å². The Morgan fingerprint density at radius 3 is 2.48 bits per heavy atom. The summed E-state index contributed by atoms with van der Waals surface area (Å²) in [5, 5.41) is 11.5. The van der Waals surface area contributed by atoms with E-state index in [2.05, 4.69) is 23.1 Å². The molecular weight excluding hydrogens is 336 g/mol. The molecule has 0 aliphatic carbocycles. The van der Waals surface area contributed by atoms with E-state index in [1.54, 1.807) is 0 Å². The van der Waals surface area contributed by atoms with Crippen molar-refractivity contribution in [2.24, 2.45) is 0 Å². The summed E-state index contributed by atoms with van der Waals surface area (Å²) >= 11 is 5.57. The van der Waals surface area contributed by atoms with Gasteiger partial charge in [0.05, 0.1) is 11.6 Å². The third kappa shape index (κ3) is 2.83. The van der Waals surface area contributed by atoms with Gasteiger partial charge in [-0.05, 0) is 25.0 Å². The minimum absolute atomic E-state index is 0.0374. The van der Waals surface area contributed by atoms with E-state index >= 15 is 0 Å². The van der Waals surface area contributed by atoms with Crippen LogP contribution in [-0.2, 0) is 9.53 Å². The summed E-state index contributed by atoms with van der Waals surface area (Å²) in [6.07, 6.45) is 3.85. The molecule has 5 heteroatoms. The largest absolute Gasteiger partial charge is 0.461 e. The molecule has 2 aromatic rings. The lowest BCUT2D eigenvalue weighted by Gasteiger charge is -2.40. The van der Waals surface area contributed by atoms with Crippen LogP contribution in [0.25, 0.3) is 10.8 Å².